The summed E-state index contributed by atoms with van der Waals surface area (Å²) in [7, 11) is 1.52. The van der Waals surface area contributed by atoms with Crippen molar-refractivity contribution in [2.75, 3.05) is 31.0 Å². The fourth-order valence-electron chi connectivity index (χ4n) is 1.92. The van der Waals surface area contributed by atoms with Crippen molar-refractivity contribution in [2.45, 2.75) is 0 Å². The lowest BCUT2D eigenvalue weighted by Gasteiger charge is -2.10. The minimum Gasteiger partial charge on any atom is -0.447 e. The number of methoxy groups -OCH3 is 1. The maximum atomic E-state index is 12.4. The summed E-state index contributed by atoms with van der Waals surface area (Å²) in [6.45, 7) is 0.469. The van der Waals surface area contributed by atoms with Crippen LogP contribution in [0.5, 0.6) is 0 Å². The molecular weight excluding hydrogens is 412 g/mol. The maximum Gasteiger partial charge on any atom is 0.411 e. The predicted octanol–water partition coefficient (Wildman–Crippen LogP) is 4.55. The number of anilines is 2. The van der Waals surface area contributed by atoms with Crippen LogP contribution in [0.4, 0.5) is 16.2 Å². The van der Waals surface area contributed by atoms with Gasteiger partial charge in [-0.2, -0.15) is 0 Å². The molecule has 0 fully saturated rings. The zero-order chi connectivity index (χ0) is 18.2. The van der Waals surface area contributed by atoms with Gasteiger partial charge in [0.15, 0.2) is 0 Å². The number of halogens is 2. The molecule has 8 heteroatoms. The Labute approximate surface area is 158 Å². The normalized spacial score (nSPS) is 10.2. The Morgan fingerprint density at radius 3 is 2.52 bits per heavy atom. The first-order chi connectivity index (χ1) is 12.0. The van der Waals surface area contributed by atoms with Gasteiger partial charge < -0.3 is 14.8 Å². The van der Waals surface area contributed by atoms with Gasteiger partial charge in [0.05, 0.1) is 17.2 Å². The smallest absolute Gasteiger partial charge is 0.411 e. The van der Waals surface area contributed by atoms with Crippen molar-refractivity contribution < 1.29 is 19.1 Å². The van der Waals surface area contributed by atoms with Gasteiger partial charge in [-0.3, -0.25) is 10.1 Å². The van der Waals surface area contributed by atoms with Crippen LogP contribution in [0.2, 0.25) is 5.02 Å². The zero-order valence-electron chi connectivity index (χ0n) is 13.3. The predicted molar refractivity (Wildman–Crippen MR) is 100 cm³/mol. The molecule has 0 aromatic heterocycles. The Bertz CT molecular complexity index is 770. The van der Waals surface area contributed by atoms with Crippen LogP contribution in [0.1, 0.15) is 10.4 Å². The summed E-state index contributed by atoms with van der Waals surface area (Å²) < 4.78 is 10.5. The summed E-state index contributed by atoms with van der Waals surface area (Å²) in [4.78, 5) is 24.0. The lowest BCUT2D eigenvalue weighted by atomic mass is 10.2. The highest BCUT2D eigenvalue weighted by molar-refractivity contribution is 9.10. The van der Waals surface area contributed by atoms with Gasteiger partial charge in [0, 0.05) is 23.0 Å². The first kappa shape index (κ1) is 19.2. The monoisotopic (exact) mass is 426 g/mol. The number of ether oxygens (including phenoxy) is 2. The summed E-state index contributed by atoms with van der Waals surface area (Å²) in [5, 5.41) is 5.65. The van der Waals surface area contributed by atoms with E-state index >= 15 is 0 Å². The van der Waals surface area contributed by atoms with E-state index in [0.717, 1.165) is 4.47 Å². The van der Waals surface area contributed by atoms with Crippen molar-refractivity contribution in [2.24, 2.45) is 0 Å². The van der Waals surface area contributed by atoms with Gasteiger partial charge >= 0.3 is 6.09 Å². The molecule has 0 bridgehead atoms. The van der Waals surface area contributed by atoms with Crippen LogP contribution in [-0.2, 0) is 9.47 Å². The molecule has 2 aromatic carbocycles. The molecule has 0 saturated carbocycles. The zero-order valence-corrected chi connectivity index (χ0v) is 15.7. The van der Waals surface area contributed by atoms with Crippen molar-refractivity contribution in [3.05, 3.63) is 57.5 Å². The second-order valence-corrected chi connectivity index (χ2v) is 6.24. The van der Waals surface area contributed by atoms with Crippen molar-refractivity contribution in [1.82, 2.24) is 0 Å². The van der Waals surface area contributed by atoms with Crippen LogP contribution in [0.25, 0.3) is 0 Å². The quantitative estimate of drug-likeness (QED) is 0.663. The number of benzene rings is 2. The molecule has 6 nitrogen and oxygen atoms in total. The van der Waals surface area contributed by atoms with Crippen LogP contribution in [-0.4, -0.2) is 32.3 Å². The van der Waals surface area contributed by atoms with Gasteiger partial charge in [0.2, 0.25) is 0 Å². The Kier molecular flexibility index (Phi) is 7.24. The van der Waals surface area contributed by atoms with Gasteiger partial charge in [0.1, 0.15) is 6.61 Å². The standard InChI is InChI=1S/C17H16BrClN2O4/c1-24-7-8-25-17(23)21-13-4-2-3-12(10-13)20-16(22)14-9-11(18)5-6-15(14)19/h2-6,9-10H,7-8H2,1H3,(H,20,22)(H,21,23). The molecule has 0 heterocycles. The summed E-state index contributed by atoms with van der Waals surface area (Å²) in [5.41, 5.74) is 1.34. The summed E-state index contributed by atoms with van der Waals surface area (Å²) in [6.07, 6.45) is -0.601. The van der Waals surface area contributed by atoms with Gasteiger partial charge in [-0.15, -0.1) is 0 Å². The lowest BCUT2D eigenvalue weighted by Crippen LogP contribution is -2.17. The highest BCUT2D eigenvalue weighted by atomic mass is 79.9. The fraction of sp³-hybridized carbons (Fsp3) is 0.176. The maximum absolute atomic E-state index is 12.4. The van der Waals surface area contributed by atoms with Gasteiger partial charge in [-0.25, -0.2) is 4.79 Å². The highest BCUT2D eigenvalue weighted by Gasteiger charge is 2.12. The lowest BCUT2D eigenvalue weighted by molar-refractivity contribution is 0.102. The first-order valence-electron chi connectivity index (χ1n) is 7.29. The van der Waals surface area contributed by atoms with E-state index in [1.807, 2.05) is 0 Å². The van der Waals surface area contributed by atoms with Crippen LogP contribution in [0, 0.1) is 0 Å². The first-order valence-corrected chi connectivity index (χ1v) is 8.46. The van der Waals surface area contributed by atoms with E-state index in [4.69, 9.17) is 21.1 Å². The number of rotatable bonds is 6. The Hall–Kier alpha value is -2.09. The Morgan fingerprint density at radius 2 is 1.80 bits per heavy atom. The number of hydrogen-bond acceptors (Lipinski definition) is 4. The minimum absolute atomic E-state index is 0.153. The van der Waals surface area contributed by atoms with Gasteiger partial charge in [-0.1, -0.05) is 33.6 Å². The van der Waals surface area contributed by atoms with E-state index in [0.29, 0.717) is 28.6 Å². The molecule has 2 rings (SSSR count). The molecule has 2 aromatic rings. The molecule has 0 saturated heterocycles. The number of carbonyl (C=O) groups excluding carboxylic acids is 2. The Morgan fingerprint density at radius 1 is 1.08 bits per heavy atom. The topological polar surface area (TPSA) is 76.7 Å². The molecule has 2 N–H and O–H groups in total. The molecule has 25 heavy (non-hydrogen) atoms. The second-order valence-electron chi connectivity index (χ2n) is 4.91. The van der Waals surface area contributed by atoms with Gasteiger partial charge in [0.25, 0.3) is 5.91 Å². The summed E-state index contributed by atoms with van der Waals surface area (Å²) in [6, 6.07) is 11.7. The molecule has 2 amide bonds. The van der Waals surface area contributed by atoms with Crippen molar-refractivity contribution in [3.63, 3.8) is 0 Å². The van der Waals surface area contributed by atoms with Gasteiger partial charge in [-0.05, 0) is 36.4 Å². The van der Waals surface area contributed by atoms with Crippen LogP contribution < -0.4 is 10.6 Å². The van der Waals surface area contributed by atoms with E-state index in [1.54, 1.807) is 42.5 Å². The molecule has 0 spiro atoms. The third-order valence-corrected chi connectivity index (χ3v) is 3.88. The highest BCUT2D eigenvalue weighted by Crippen LogP contribution is 2.23. The third-order valence-electron chi connectivity index (χ3n) is 3.06. The number of nitrogens with one attached hydrogen (secondary N) is 2. The summed E-state index contributed by atoms with van der Waals surface area (Å²) in [5.74, 6) is -0.355. The number of hydrogen-bond donors (Lipinski definition) is 2. The average molecular weight is 428 g/mol. The number of amides is 2. The molecule has 0 aliphatic rings. The molecular formula is C17H16BrClN2O4. The molecule has 132 valence electrons. The average Bonchev–Trinajstić information content (AvgIpc) is 2.57. The van der Waals surface area contributed by atoms with Crippen LogP contribution in [0.15, 0.2) is 46.9 Å². The van der Waals surface area contributed by atoms with E-state index in [2.05, 4.69) is 26.6 Å². The second kappa shape index (κ2) is 9.41. The molecule has 0 aliphatic carbocycles. The molecule has 0 aliphatic heterocycles. The van der Waals surface area contributed by atoms with E-state index in [-0.39, 0.29) is 12.5 Å². The Balaban J connectivity index is 2.02. The van der Waals surface area contributed by atoms with Crippen molar-refractivity contribution in [1.29, 1.82) is 0 Å². The van der Waals surface area contributed by atoms with E-state index < -0.39 is 6.09 Å². The van der Waals surface area contributed by atoms with E-state index in [9.17, 15) is 9.59 Å². The van der Waals surface area contributed by atoms with Crippen LogP contribution >= 0.6 is 27.5 Å². The fourth-order valence-corrected chi connectivity index (χ4v) is 2.48. The SMILES string of the molecule is COCCOC(=O)Nc1cccc(NC(=O)c2cc(Br)ccc2Cl)c1. The van der Waals surface area contributed by atoms with E-state index in [1.165, 1.54) is 7.11 Å². The van der Waals surface area contributed by atoms with Crippen LogP contribution in [0.3, 0.4) is 0 Å². The van der Waals surface area contributed by atoms with Crippen molar-refractivity contribution in [3.8, 4) is 0 Å². The summed E-state index contributed by atoms with van der Waals surface area (Å²) >= 11 is 9.36. The van der Waals surface area contributed by atoms with Crippen molar-refractivity contribution >= 4 is 50.9 Å². The molecule has 0 atom stereocenters. The third kappa shape index (κ3) is 6.04. The molecule has 0 radical (unpaired) electrons. The minimum atomic E-state index is -0.601. The largest absolute Gasteiger partial charge is 0.447 e. The molecule has 0 unspecified atom stereocenters. The number of carbonyl (C=O) groups is 2.